The molecule has 1 aliphatic carbocycles. The normalized spacial score (nSPS) is 16.2. The van der Waals surface area contributed by atoms with Gasteiger partial charge in [-0.25, -0.2) is 4.79 Å². The zero-order valence-corrected chi connectivity index (χ0v) is 9.71. The van der Waals surface area contributed by atoms with E-state index in [-0.39, 0.29) is 17.3 Å². The Balaban J connectivity index is 2.16. The highest BCUT2D eigenvalue weighted by molar-refractivity contribution is 7.15. The summed E-state index contributed by atoms with van der Waals surface area (Å²) in [7, 11) is 0. The first-order chi connectivity index (χ1) is 7.58. The van der Waals surface area contributed by atoms with Crippen LogP contribution in [0.5, 0.6) is 0 Å². The monoisotopic (exact) mass is 236 g/mol. The Bertz CT molecular complexity index is 466. The van der Waals surface area contributed by atoms with Crippen LogP contribution in [-0.2, 0) is 4.79 Å². The van der Waals surface area contributed by atoms with Crippen molar-refractivity contribution in [3.8, 4) is 0 Å². The van der Waals surface area contributed by atoms with Crippen molar-refractivity contribution in [3.05, 3.63) is 27.5 Å². The van der Waals surface area contributed by atoms with Crippen molar-refractivity contribution in [3.63, 3.8) is 0 Å². The van der Waals surface area contributed by atoms with Gasteiger partial charge in [-0.1, -0.05) is 0 Å². The largest absolute Gasteiger partial charge is 0.478 e. The summed E-state index contributed by atoms with van der Waals surface area (Å²) < 4.78 is 0. The van der Waals surface area contributed by atoms with Crippen LogP contribution < -0.4 is 0 Å². The maximum Gasteiger partial charge on any atom is 0.331 e. The number of carbonyl (C=O) groups excluding carboxylic acids is 1. The van der Waals surface area contributed by atoms with Gasteiger partial charge in [0.1, 0.15) is 0 Å². The van der Waals surface area contributed by atoms with Crippen LogP contribution in [0.2, 0.25) is 0 Å². The molecule has 0 aromatic carbocycles. The van der Waals surface area contributed by atoms with E-state index in [1.54, 1.807) is 25.1 Å². The van der Waals surface area contributed by atoms with Crippen molar-refractivity contribution in [2.45, 2.75) is 19.8 Å². The predicted molar refractivity (Wildman–Crippen MR) is 62.7 cm³/mol. The summed E-state index contributed by atoms with van der Waals surface area (Å²) in [6.07, 6.45) is 3.59. The van der Waals surface area contributed by atoms with Crippen molar-refractivity contribution in [1.29, 1.82) is 0 Å². The Labute approximate surface area is 97.4 Å². The molecule has 1 aromatic heterocycles. The number of hydrogen-bond donors (Lipinski definition) is 1. The molecular weight excluding hydrogens is 224 g/mol. The second-order valence-electron chi connectivity index (χ2n) is 3.97. The Kier molecular flexibility index (Phi) is 2.92. The van der Waals surface area contributed by atoms with E-state index >= 15 is 0 Å². The van der Waals surface area contributed by atoms with Crippen LogP contribution in [0.4, 0.5) is 0 Å². The molecule has 16 heavy (non-hydrogen) atoms. The number of aliphatic carboxylic acids is 1. The number of thiophene rings is 1. The van der Waals surface area contributed by atoms with Crippen molar-refractivity contribution in [2.24, 2.45) is 5.92 Å². The van der Waals surface area contributed by atoms with Crippen molar-refractivity contribution >= 4 is 29.2 Å². The number of ketones is 1. The van der Waals surface area contributed by atoms with Gasteiger partial charge in [-0.3, -0.25) is 4.79 Å². The standard InChI is InChI=1S/C12H12O3S/c1-7(12(14)15)6-9-4-5-10(16-9)11(13)8-2-3-8/h4-6,8H,2-3H2,1H3,(H,14,15). The van der Waals surface area contributed by atoms with Gasteiger partial charge in [0.05, 0.1) is 4.88 Å². The second-order valence-corrected chi connectivity index (χ2v) is 5.09. The lowest BCUT2D eigenvalue weighted by Crippen LogP contribution is -1.96. The molecular formula is C12H12O3S. The Morgan fingerprint density at radius 3 is 2.69 bits per heavy atom. The third-order valence-electron chi connectivity index (χ3n) is 2.51. The molecule has 0 aliphatic heterocycles. The quantitative estimate of drug-likeness (QED) is 0.646. The van der Waals surface area contributed by atoms with E-state index in [1.165, 1.54) is 11.3 Å². The summed E-state index contributed by atoms with van der Waals surface area (Å²) in [5, 5.41) is 8.73. The highest BCUT2D eigenvalue weighted by Gasteiger charge is 2.31. The minimum Gasteiger partial charge on any atom is -0.478 e. The smallest absolute Gasteiger partial charge is 0.331 e. The maximum atomic E-state index is 11.7. The molecule has 1 N–H and O–H groups in total. The first-order valence-corrected chi connectivity index (χ1v) is 5.95. The first kappa shape index (κ1) is 11.1. The third-order valence-corrected chi connectivity index (χ3v) is 3.56. The molecule has 3 nitrogen and oxygen atoms in total. The molecule has 1 heterocycles. The molecule has 1 aromatic rings. The van der Waals surface area contributed by atoms with E-state index in [2.05, 4.69) is 0 Å². The zero-order chi connectivity index (χ0) is 11.7. The molecule has 0 unspecified atom stereocenters. The van der Waals surface area contributed by atoms with Gasteiger partial charge in [0.15, 0.2) is 5.78 Å². The minimum atomic E-state index is -0.927. The van der Waals surface area contributed by atoms with Gasteiger partial charge in [0, 0.05) is 16.4 Å². The summed E-state index contributed by atoms with van der Waals surface area (Å²) >= 11 is 1.37. The highest BCUT2D eigenvalue weighted by atomic mass is 32.1. The van der Waals surface area contributed by atoms with Crippen molar-refractivity contribution in [1.82, 2.24) is 0 Å². The molecule has 1 saturated carbocycles. The zero-order valence-electron chi connectivity index (χ0n) is 8.90. The van der Waals surface area contributed by atoms with Crippen molar-refractivity contribution in [2.75, 3.05) is 0 Å². The fourth-order valence-electron chi connectivity index (χ4n) is 1.38. The minimum absolute atomic E-state index is 0.206. The molecule has 0 spiro atoms. The topological polar surface area (TPSA) is 54.4 Å². The lowest BCUT2D eigenvalue weighted by atomic mass is 10.2. The second kappa shape index (κ2) is 4.22. The van der Waals surface area contributed by atoms with Crippen LogP contribution in [0.25, 0.3) is 6.08 Å². The number of carboxylic acids is 1. The van der Waals surface area contributed by atoms with Gasteiger partial charge >= 0.3 is 5.97 Å². The van der Waals surface area contributed by atoms with E-state index in [1.807, 2.05) is 0 Å². The predicted octanol–water partition coefficient (Wildman–Crippen LogP) is 2.83. The highest BCUT2D eigenvalue weighted by Crippen LogP contribution is 2.34. The van der Waals surface area contributed by atoms with E-state index in [9.17, 15) is 9.59 Å². The average Bonchev–Trinajstić information content (AvgIpc) is 2.98. The molecule has 4 heteroatoms. The number of Topliss-reactive ketones (excluding diaryl/α,β-unsaturated/α-hetero) is 1. The number of carbonyl (C=O) groups is 2. The lowest BCUT2D eigenvalue weighted by molar-refractivity contribution is -0.132. The first-order valence-electron chi connectivity index (χ1n) is 5.13. The summed E-state index contributed by atoms with van der Waals surface area (Å²) in [6.45, 7) is 1.55. The van der Waals surface area contributed by atoms with Gasteiger partial charge < -0.3 is 5.11 Å². The molecule has 1 fully saturated rings. The Hall–Kier alpha value is -1.42. The average molecular weight is 236 g/mol. The van der Waals surface area contributed by atoms with Crippen LogP contribution in [0.1, 0.15) is 34.3 Å². The fraction of sp³-hybridized carbons (Fsp3) is 0.333. The molecule has 1 aliphatic rings. The summed E-state index contributed by atoms with van der Waals surface area (Å²) in [5.41, 5.74) is 0.285. The van der Waals surface area contributed by atoms with Crippen molar-refractivity contribution < 1.29 is 14.7 Å². The van der Waals surface area contributed by atoms with Crippen LogP contribution in [0.3, 0.4) is 0 Å². The fourth-order valence-corrected chi connectivity index (χ4v) is 2.41. The van der Waals surface area contributed by atoms with Gasteiger partial charge in [0.2, 0.25) is 0 Å². The lowest BCUT2D eigenvalue weighted by Gasteiger charge is -1.92. The SMILES string of the molecule is CC(=Cc1ccc(C(=O)C2CC2)s1)C(=O)O. The van der Waals surface area contributed by atoms with Crippen LogP contribution in [-0.4, -0.2) is 16.9 Å². The number of hydrogen-bond acceptors (Lipinski definition) is 3. The van der Waals surface area contributed by atoms with Gasteiger partial charge in [-0.2, -0.15) is 0 Å². The molecule has 84 valence electrons. The maximum absolute atomic E-state index is 11.7. The van der Waals surface area contributed by atoms with E-state index in [4.69, 9.17) is 5.11 Å². The summed E-state index contributed by atoms with van der Waals surface area (Å²) in [4.78, 5) is 23.9. The summed E-state index contributed by atoms with van der Waals surface area (Å²) in [6, 6.07) is 3.58. The Morgan fingerprint density at radius 2 is 2.12 bits per heavy atom. The third kappa shape index (κ3) is 2.39. The molecule has 0 bridgehead atoms. The number of carboxylic acid groups (broad SMARTS) is 1. The molecule has 2 rings (SSSR count). The Morgan fingerprint density at radius 1 is 1.44 bits per heavy atom. The van der Waals surface area contributed by atoms with Crippen LogP contribution >= 0.6 is 11.3 Å². The molecule has 0 amide bonds. The van der Waals surface area contributed by atoms with E-state index in [0.29, 0.717) is 0 Å². The number of rotatable bonds is 4. The summed E-state index contributed by atoms with van der Waals surface area (Å²) in [5.74, 6) is -0.503. The van der Waals surface area contributed by atoms with Crippen LogP contribution in [0.15, 0.2) is 17.7 Å². The van der Waals surface area contributed by atoms with Gasteiger partial charge in [-0.05, 0) is 38.0 Å². The molecule has 0 saturated heterocycles. The van der Waals surface area contributed by atoms with E-state index in [0.717, 1.165) is 22.6 Å². The van der Waals surface area contributed by atoms with Gasteiger partial charge in [0.25, 0.3) is 0 Å². The van der Waals surface area contributed by atoms with Crippen LogP contribution in [0, 0.1) is 5.92 Å². The molecule has 0 atom stereocenters. The molecule has 0 radical (unpaired) electrons. The van der Waals surface area contributed by atoms with Gasteiger partial charge in [-0.15, -0.1) is 11.3 Å². The van der Waals surface area contributed by atoms with E-state index < -0.39 is 5.97 Å².